The zero-order valence-corrected chi connectivity index (χ0v) is 7.79. The van der Waals surface area contributed by atoms with Gasteiger partial charge in [-0.1, -0.05) is 6.07 Å². The van der Waals surface area contributed by atoms with E-state index in [0.29, 0.717) is 6.07 Å². The summed E-state index contributed by atoms with van der Waals surface area (Å²) in [6, 6.07) is 2.60. The van der Waals surface area contributed by atoms with Crippen LogP contribution in [0.25, 0.3) is 0 Å². The molecule has 0 aliphatic rings. The van der Waals surface area contributed by atoms with Crippen molar-refractivity contribution >= 4 is 11.6 Å². The minimum atomic E-state index is -4.52. The molecular formula is C9H7ClF4. The van der Waals surface area contributed by atoms with Crippen LogP contribution in [-0.2, 0) is 12.6 Å². The average Bonchev–Trinajstić information content (AvgIpc) is 2.07. The molecule has 14 heavy (non-hydrogen) atoms. The third-order valence-electron chi connectivity index (χ3n) is 1.74. The Morgan fingerprint density at radius 3 is 2.36 bits per heavy atom. The second-order valence-corrected chi connectivity index (χ2v) is 3.12. The van der Waals surface area contributed by atoms with Crippen LogP contribution in [0.4, 0.5) is 17.6 Å². The van der Waals surface area contributed by atoms with E-state index in [-0.39, 0.29) is 17.9 Å². The third-order valence-corrected chi connectivity index (χ3v) is 1.93. The van der Waals surface area contributed by atoms with E-state index in [0.717, 1.165) is 12.1 Å². The van der Waals surface area contributed by atoms with Crippen molar-refractivity contribution in [3.05, 3.63) is 35.1 Å². The Hall–Kier alpha value is -0.770. The Morgan fingerprint density at radius 1 is 1.21 bits per heavy atom. The van der Waals surface area contributed by atoms with Crippen LogP contribution < -0.4 is 0 Å². The number of alkyl halides is 4. The van der Waals surface area contributed by atoms with E-state index in [1.165, 1.54) is 0 Å². The van der Waals surface area contributed by atoms with Crippen molar-refractivity contribution in [1.29, 1.82) is 0 Å². The van der Waals surface area contributed by atoms with E-state index in [1.54, 1.807) is 0 Å². The molecule has 0 saturated carbocycles. The first kappa shape index (κ1) is 11.3. The number of rotatable bonds is 2. The van der Waals surface area contributed by atoms with Gasteiger partial charge in [-0.2, -0.15) is 13.2 Å². The SMILES string of the molecule is Fc1ccc(CCCl)c(C(F)(F)F)c1. The topological polar surface area (TPSA) is 0 Å². The van der Waals surface area contributed by atoms with Crippen molar-refractivity contribution in [3.63, 3.8) is 0 Å². The monoisotopic (exact) mass is 226 g/mol. The Balaban J connectivity index is 3.16. The zero-order valence-electron chi connectivity index (χ0n) is 7.04. The van der Waals surface area contributed by atoms with Crippen LogP contribution in [0.2, 0.25) is 0 Å². The Kier molecular flexibility index (Phi) is 3.37. The molecule has 0 N–H and O–H groups in total. The van der Waals surface area contributed by atoms with Crippen molar-refractivity contribution < 1.29 is 17.6 Å². The molecule has 0 saturated heterocycles. The molecule has 0 aliphatic carbocycles. The van der Waals surface area contributed by atoms with E-state index in [4.69, 9.17) is 11.6 Å². The maximum absolute atomic E-state index is 12.6. The third kappa shape index (κ3) is 2.61. The largest absolute Gasteiger partial charge is 0.416 e. The lowest BCUT2D eigenvalue weighted by atomic mass is 10.0. The Bertz CT molecular complexity index is 319. The summed E-state index contributed by atoms with van der Waals surface area (Å²) in [5, 5.41) is 0. The number of benzene rings is 1. The summed E-state index contributed by atoms with van der Waals surface area (Å²) in [6.45, 7) is 0. The lowest BCUT2D eigenvalue weighted by Gasteiger charge is -2.11. The Morgan fingerprint density at radius 2 is 1.86 bits per heavy atom. The smallest absolute Gasteiger partial charge is 0.207 e. The van der Waals surface area contributed by atoms with Gasteiger partial charge in [-0.25, -0.2) is 4.39 Å². The zero-order chi connectivity index (χ0) is 10.8. The van der Waals surface area contributed by atoms with E-state index >= 15 is 0 Å². The fourth-order valence-electron chi connectivity index (χ4n) is 1.13. The predicted molar refractivity (Wildman–Crippen MR) is 45.8 cm³/mol. The fraction of sp³-hybridized carbons (Fsp3) is 0.333. The quantitative estimate of drug-likeness (QED) is 0.534. The number of hydrogen-bond donors (Lipinski definition) is 0. The van der Waals surface area contributed by atoms with Gasteiger partial charge in [-0.3, -0.25) is 0 Å². The number of aryl methyl sites for hydroxylation is 1. The van der Waals surface area contributed by atoms with Crippen LogP contribution in [-0.4, -0.2) is 5.88 Å². The van der Waals surface area contributed by atoms with Gasteiger partial charge in [0.25, 0.3) is 0 Å². The van der Waals surface area contributed by atoms with Crippen LogP contribution >= 0.6 is 11.6 Å². The van der Waals surface area contributed by atoms with Crippen LogP contribution in [0, 0.1) is 5.82 Å². The van der Waals surface area contributed by atoms with Crippen LogP contribution in [0.15, 0.2) is 18.2 Å². The summed E-state index contributed by atoms with van der Waals surface area (Å²) in [7, 11) is 0. The van der Waals surface area contributed by atoms with Crippen molar-refractivity contribution in [1.82, 2.24) is 0 Å². The summed E-state index contributed by atoms with van der Waals surface area (Å²) in [6.07, 6.45) is -4.44. The first-order valence-electron chi connectivity index (χ1n) is 3.86. The van der Waals surface area contributed by atoms with Gasteiger partial charge in [-0.15, -0.1) is 11.6 Å². The standard InChI is InChI=1S/C9H7ClF4/c10-4-3-6-1-2-7(11)5-8(6)9(12,13)14/h1-2,5H,3-4H2. The maximum Gasteiger partial charge on any atom is 0.416 e. The van der Waals surface area contributed by atoms with Crippen LogP contribution in [0.5, 0.6) is 0 Å². The summed E-state index contributed by atoms with van der Waals surface area (Å²) in [5.41, 5.74) is -0.924. The predicted octanol–water partition coefficient (Wildman–Crippen LogP) is 3.63. The van der Waals surface area contributed by atoms with Gasteiger partial charge in [0.15, 0.2) is 0 Å². The van der Waals surface area contributed by atoms with Gasteiger partial charge in [-0.05, 0) is 24.1 Å². The first-order chi connectivity index (χ1) is 6.45. The summed E-state index contributed by atoms with van der Waals surface area (Å²) in [5.74, 6) is -0.815. The molecule has 1 aromatic carbocycles. The van der Waals surface area contributed by atoms with Crippen LogP contribution in [0.3, 0.4) is 0 Å². The van der Waals surface area contributed by atoms with Crippen molar-refractivity contribution in [2.24, 2.45) is 0 Å². The van der Waals surface area contributed by atoms with Crippen molar-refractivity contribution in [3.8, 4) is 0 Å². The average molecular weight is 227 g/mol. The van der Waals surface area contributed by atoms with E-state index in [2.05, 4.69) is 0 Å². The molecule has 1 aromatic rings. The molecule has 0 atom stereocenters. The van der Waals surface area contributed by atoms with E-state index in [9.17, 15) is 17.6 Å². The molecule has 0 bridgehead atoms. The highest BCUT2D eigenvalue weighted by atomic mass is 35.5. The molecule has 0 spiro atoms. The minimum absolute atomic E-state index is 0.0221. The van der Waals surface area contributed by atoms with Crippen molar-refractivity contribution in [2.75, 3.05) is 5.88 Å². The maximum atomic E-state index is 12.6. The molecular weight excluding hydrogens is 220 g/mol. The molecule has 0 unspecified atom stereocenters. The molecule has 1 rings (SSSR count). The number of halogens is 5. The van der Waals surface area contributed by atoms with Gasteiger partial charge in [0.05, 0.1) is 5.56 Å². The second kappa shape index (κ2) is 4.17. The fourth-order valence-corrected chi connectivity index (χ4v) is 1.34. The molecule has 0 aromatic heterocycles. The normalized spacial score (nSPS) is 11.8. The molecule has 0 fully saturated rings. The highest BCUT2D eigenvalue weighted by molar-refractivity contribution is 6.18. The van der Waals surface area contributed by atoms with Gasteiger partial charge in [0, 0.05) is 5.88 Å². The minimum Gasteiger partial charge on any atom is -0.207 e. The molecule has 0 heterocycles. The Labute approximate surface area is 83.5 Å². The van der Waals surface area contributed by atoms with E-state index in [1.807, 2.05) is 0 Å². The lowest BCUT2D eigenvalue weighted by Crippen LogP contribution is -2.10. The molecule has 0 radical (unpaired) electrons. The summed E-state index contributed by atoms with van der Waals surface area (Å²) >= 11 is 5.34. The van der Waals surface area contributed by atoms with Crippen LogP contribution in [0.1, 0.15) is 11.1 Å². The van der Waals surface area contributed by atoms with Gasteiger partial charge < -0.3 is 0 Å². The molecule has 0 amide bonds. The molecule has 0 nitrogen and oxygen atoms in total. The van der Waals surface area contributed by atoms with Gasteiger partial charge in [0.2, 0.25) is 0 Å². The number of hydrogen-bond acceptors (Lipinski definition) is 0. The first-order valence-corrected chi connectivity index (χ1v) is 4.40. The van der Waals surface area contributed by atoms with Crippen molar-refractivity contribution in [2.45, 2.75) is 12.6 Å². The highest BCUT2D eigenvalue weighted by Gasteiger charge is 2.33. The second-order valence-electron chi connectivity index (χ2n) is 2.74. The molecule has 5 heteroatoms. The van der Waals surface area contributed by atoms with Gasteiger partial charge >= 0.3 is 6.18 Å². The molecule has 0 aliphatic heterocycles. The molecule has 78 valence electrons. The van der Waals surface area contributed by atoms with Gasteiger partial charge in [0.1, 0.15) is 5.82 Å². The van der Waals surface area contributed by atoms with E-state index < -0.39 is 17.6 Å². The lowest BCUT2D eigenvalue weighted by molar-refractivity contribution is -0.138. The highest BCUT2D eigenvalue weighted by Crippen LogP contribution is 2.32. The summed E-state index contributed by atoms with van der Waals surface area (Å²) < 4.78 is 49.6. The summed E-state index contributed by atoms with van der Waals surface area (Å²) in [4.78, 5) is 0.